The molecular formula is C24H31N3O2. The summed E-state index contributed by atoms with van der Waals surface area (Å²) in [7, 11) is 0. The molecule has 0 aliphatic carbocycles. The number of likely N-dealkylation sites (tertiary alicyclic amines) is 2. The van der Waals surface area contributed by atoms with Crippen molar-refractivity contribution in [2.45, 2.75) is 38.8 Å². The molecule has 154 valence electrons. The number of carbonyl (C=O) groups is 1. The van der Waals surface area contributed by atoms with Crippen LogP contribution < -0.4 is 5.32 Å². The van der Waals surface area contributed by atoms with Gasteiger partial charge in [-0.15, -0.1) is 0 Å². The van der Waals surface area contributed by atoms with Gasteiger partial charge < -0.3 is 15.3 Å². The minimum absolute atomic E-state index is 0.0253. The lowest BCUT2D eigenvalue weighted by Gasteiger charge is -2.48. The van der Waals surface area contributed by atoms with E-state index in [1.807, 2.05) is 17.0 Å². The summed E-state index contributed by atoms with van der Waals surface area (Å²) in [6.07, 6.45) is 4.70. The van der Waals surface area contributed by atoms with Crippen molar-refractivity contribution in [1.29, 1.82) is 0 Å². The van der Waals surface area contributed by atoms with Crippen LogP contribution in [-0.2, 0) is 13.1 Å². The predicted molar refractivity (Wildman–Crippen MR) is 115 cm³/mol. The van der Waals surface area contributed by atoms with Gasteiger partial charge >= 0.3 is 6.03 Å². The number of urea groups is 1. The number of nitrogens with zero attached hydrogens (tertiary/aromatic N) is 2. The molecule has 2 saturated heterocycles. The Hall–Kier alpha value is -2.53. The second kappa shape index (κ2) is 8.87. The van der Waals surface area contributed by atoms with E-state index < -0.39 is 0 Å². The second-order valence-corrected chi connectivity index (χ2v) is 8.65. The van der Waals surface area contributed by atoms with E-state index in [1.165, 1.54) is 24.8 Å². The van der Waals surface area contributed by atoms with Crippen LogP contribution in [0.2, 0.25) is 0 Å². The van der Waals surface area contributed by atoms with Gasteiger partial charge in [0.05, 0.1) is 0 Å². The molecule has 0 aromatic heterocycles. The molecule has 2 aromatic rings. The van der Waals surface area contributed by atoms with Crippen molar-refractivity contribution in [2.24, 2.45) is 5.41 Å². The normalized spacial score (nSPS) is 22.6. The van der Waals surface area contributed by atoms with Gasteiger partial charge in [0.2, 0.25) is 0 Å². The van der Waals surface area contributed by atoms with Crippen LogP contribution in [0, 0.1) is 5.41 Å². The Kier molecular flexibility index (Phi) is 6.05. The van der Waals surface area contributed by atoms with Crippen LogP contribution in [0.4, 0.5) is 4.79 Å². The van der Waals surface area contributed by atoms with E-state index in [2.05, 4.69) is 40.5 Å². The summed E-state index contributed by atoms with van der Waals surface area (Å²) < 4.78 is 0. The van der Waals surface area contributed by atoms with Crippen molar-refractivity contribution < 1.29 is 9.90 Å². The van der Waals surface area contributed by atoms with Crippen molar-refractivity contribution in [3.63, 3.8) is 0 Å². The number of nitrogens with one attached hydrogen (secondary N) is 1. The lowest BCUT2D eigenvalue weighted by molar-refractivity contribution is 0.0234. The Morgan fingerprint density at radius 1 is 0.931 bits per heavy atom. The molecule has 1 unspecified atom stereocenters. The fraction of sp³-hybridized carbons (Fsp3) is 0.458. The summed E-state index contributed by atoms with van der Waals surface area (Å²) in [6.45, 7) is 5.38. The molecule has 2 aromatic carbocycles. The smallest absolute Gasteiger partial charge is 0.317 e. The highest BCUT2D eigenvalue weighted by Crippen LogP contribution is 2.38. The third kappa shape index (κ3) is 5.10. The average molecular weight is 394 g/mol. The Balaban J connectivity index is 1.34. The summed E-state index contributed by atoms with van der Waals surface area (Å²) in [5.41, 5.74) is 2.58. The summed E-state index contributed by atoms with van der Waals surface area (Å²) in [6, 6.07) is 17.7. The summed E-state index contributed by atoms with van der Waals surface area (Å²) in [5.74, 6) is 0.246. The number of benzene rings is 2. The number of amides is 2. The number of carbonyl (C=O) groups excluding carboxylic acids is 1. The molecule has 5 heteroatoms. The maximum atomic E-state index is 12.8. The van der Waals surface area contributed by atoms with Gasteiger partial charge in [-0.1, -0.05) is 42.5 Å². The maximum Gasteiger partial charge on any atom is 0.317 e. The molecule has 0 bridgehead atoms. The van der Waals surface area contributed by atoms with Crippen LogP contribution in [0.3, 0.4) is 0 Å². The zero-order valence-electron chi connectivity index (χ0n) is 17.0. The lowest BCUT2D eigenvalue weighted by atomic mass is 9.73. The molecule has 2 fully saturated rings. The number of hydrogen-bond donors (Lipinski definition) is 2. The molecule has 1 atom stereocenters. The van der Waals surface area contributed by atoms with Gasteiger partial charge in [0, 0.05) is 38.1 Å². The topological polar surface area (TPSA) is 55.8 Å². The number of hydrogen-bond acceptors (Lipinski definition) is 3. The van der Waals surface area contributed by atoms with Crippen LogP contribution in [0.1, 0.15) is 36.8 Å². The van der Waals surface area contributed by atoms with Gasteiger partial charge in [-0.05, 0) is 55.5 Å². The zero-order chi connectivity index (χ0) is 20.1. The molecule has 2 aliphatic heterocycles. The highest BCUT2D eigenvalue weighted by Gasteiger charge is 2.40. The van der Waals surface area contributed by atoms with Crippen molar-refractivity contribution in [2.75, 3.05) is 26.2 Å². The van der Waals surface area contributed by atoms with E-state index >= 15 is 0 Å². The first kappa shape index (κ1) is 19.8. The first-order valence-electron chi connectivity index (χ1n) is 10.7. The molecule has 4 rings (SSSR count). The first-order chi connectivity index (χ1) is 14.1. The predicted octanol–water partition coefficient (Wildman–Crippen LogP) is 3.98. The third-order valence-corrected chi connectivity index (χ3v) is 6.32. The van der Waals surface area contributed by atoms with Crippen molar-refractivity contribution in [1.82, 2.24) is 15.1 Å². The fourth-order valence-electron chi connectivity index (χ4n) is 4.90. The van der Waals surface area contributed by atoms with Crippen LogP contribution in [0.15, 0.2) is 54.6 Å². The van der Waals surface area contributed by atoms with Crippen molar-refractivity contribution >= 4 is 6.03 Å². The molecule has 1 spiro atoms. The van der Waals surface area contributed by atoms with Crippen LogP contribution >= 0.6 is 0 Å². The summed E-state index contributed by atoms with van der Waals surface area (Å²) >= 11 is 0. The van der Waals surface area contributed by atoms with Crippen LogP contribution in [-0.4, -0.2) is 47.1 Å². The Morgan fingerprint density at radius 3 is 2.41 bits per heavy atom. The van der Waals surface area contributed by atoms with E-state index in [0.717, 1.165) is 44.7 Å². The molecule has 2 aliphatic rings. The minimum atomic E-state index is 0.0253. The maximum absolute atomic E-state index is 12.8. The van der Waals surface area contributed by atoms with E-state index in [4.69, 9.17) is 0 Å². The Labute approximate surface area is 173 Å². The summed E-state index contributed by atoms with van der Waals surface area (Å²) in [4.78, 5) is 17.4. The van der Waals surface area contributed by atoms with Gasteiger partial charge in [0.25, 0.3) is 0 Å². The van der Waals surface area contributed by atoms with Gasteiger partial charge in [-0.3, -0.25) is 4.90 Å². The Bertz CT molecular complexity index is 805. The Morgan fingerprint density at radius 2 is 1.66 bits per heavy atom. The molecule has 2 N–H and O–H groups in total. The number of phenolic OH excluding ortho intramolecular Hbond substituents is 1. The standard InChI is InChI=1S/C24H31N3O2/c28-22-10-8-20(9-11-22)16-25-23(29)27-15-5-13-24(19-27)12-4-14-26(18-24)17-21-6-2-1-3-7-21/h1-3,6-11,28H,4-5,12-19H2,(H,25,29). The van der Waals surface area contributed by atoms with Crippen LogP contribution in [0.5, 0.6) is 5.75 Å². The minimum Gasteiger partial charge on any atom is -0.508 e. The zero-order valence-corrected chi connectivity index (χ0v) is 17.0. The van der Waals surface area contributed by atoms with E-state index in [-0.39, 0.29) is 17.2 Å². The van der Waals surface area contributed by atoms with E-state index in [9.17, 15) is 9.90 Å². The highest BCUT2D eigenvalue weighted by atomic mass is 16.3. The highest BCUT2D eigenvalue weighted by molar-refractivity contribution is 5.74. The second-order valence-electron chi connectivity index (χ2n) is 8.65. The van der Waals surface area contributed by atoms with Crippen LogP contribution in [0.25, 0.3) is 0 Å². The molecule has 5 nitrogen and oxygen atoms in total. The van der Waals surface area contributed by atoms with Crippen molar-refractivity contribution in [3.8, 4) is 5.75 Å². The largest absolute Gasteiger partial charge is 0.508 e. The van der Waals surface area contributed by atoms with E-state index in [0.29, 0.717) is 6.54 Å². The number of rotatable bonds is 4. The molecule has 2 amide bonds. The SMILES string of the molecule is O=C(NCc1ccc(O)cc1)N1CCCC2(CCCN(Cc3ccccc3)C2)C1. The average Bonchev–Trinajstić information content (AvgIpc) is 2.74. The fourth-order valence-corrected chi connectivity index (χ4v) is 4.90. The third-order valence-electron chi connectivity index (χ3n) is 6.32. The molecular weight excluding hydrogens is 362 g/mol. The van der Waals surface area contributed by atoms with Gasteiger partial charge in [-0.25, -0.2) is 4.79 Å². The molecule has 0 radical (unpaired) electrons. The number of piperidine rings is 2. The number of aromatic hydroxyl groups is 1. The van der Waals surface area contributed by atoms with Gasteiger partial charge in [0.15, 0.2) is 0 Å². The first-order valence-corrected chi connectivity index (χ1v) is 10.7. The number of phenols is 1. The van der Waals surface area contributed by atoms with Gasteiger partial charge in [0.1, 0.15) is 5.75 Å². The monoisotopic (exact) mass is 393 g/mol. The van der Waals surface area contributed by atoms with E-state index in [1.54, 1.807) is 12.1 Å². The summed E-state index contributed by atoms with van der Waals surface area (Å²) in [5, 5.41) is 12.4. The van der Waals surface area contributed by atoms with Crippen molar-refractivity contribution in [3.05, 3.63) is 65.7 Å². The lowest BCUT2D eigenvalue weighted by Crippen LogP contribution is -2.55. The molecule has 0 saturated carbocycles. The van der Waals surface area contributed by atoms with Gasteiger partial charge in [-0.2, -0.15) is 0 Å². The quantitative estimate of drug-likeness (QED) is 0.826. The molecule has 29 heavy (non-hydrogen) atoms. The molecule has 2 heterocycles.